The maximum absolute atomic E-state index is 12.3. The van der Waals surface area contributed by atoms with Crippen molar-refractivity contribution in [1.82, 2.24) is 0 Å². The van der Waals surface area contributed by atoms with Crippen LogP contribution in [-0.2, 0) is 0 Å². The Balaban J connectivity index is 2.30. The van der Waals surface area contributed by atoms with E-state index in [0.29, 0.717) is 16.9 Å². The molecule has 6 heteroatoms. The number of halogens is 2. The minimum absolute atomic E-state index is 0.225. The van der Waals surface area contributed by atoms with Crippen LogP contribution in [0.3, 0.4) is 0 Å². The minimum atomic E-state index is -0.225. The number of amides is 1. The fraction of sp³-hybridized carbons (Fsp3) is 0.0714. The number of hydrogen-bond donors (Lipinski definition) is 3. The highest BCUT2D eigenvalue weighted by Crippen LogP contribution is 2.27. The lowest BCUT2D eigenvalue weighted by molar-refractivity contribution is 0.102. The quantitative estimate of drug-likeness (QED) is 0.539. The van der Waals surface area contributed by atoms with E-state index in [1.807, 2.05) is 37.3 Å². The fourth-order valence-corrected chi connectivity index (χ4v) is 2.47. The number of nitrogen functional groups attached to an aromatic ring is 1. The summed E-state index contributed by atoms with van der Waals surface area (Å²) in [5.74, 6) is 5.23. The van der Waals surface area contributed by atoms with E-state index in [1.54, 1.807) is 6.07 Å². The van der Waals surface area contributed by atoms with Crippen molar-refractivity contribution in [2.75, 3.05) is 10.7 Å². The van der Waals surface area contributed by atoms with Crippen LogP contribution in [0.1, 0.15) is 15.9 Å². The molecule has 0 aliphatic heterocycles. The van der Waals surface area contributed by atoms with Crippen LogP contribution >= 0.6 is 31.9 Å². The van der Waals surface area contributed by atoms with E-state index in [1.165, 1.54) is 0 Å². The van der Waals surface area contributed by atoms with Crippen molar-refractivity contribution in [1.29, 1.82) is 0 Å². The molecule has 0 radical (unpaired) electrons. The molecule has 0 unspecified atom stereocenters. The summed E-state index contributed by atoms with van der Waals surface area (Å²) in [4.78, 5) is 12.3. The van der Waals surface area contributed by atoms with E-state index in [4.69, 9.17) is 5.84 Å². The molecule has 0 bridgehead atoms. The van der Waals surface area contributed by atoms with Crippen molar-refractivity contribution in [3.63, 3.8) is 0 Å². The number of hydrogen-bond acceptors (Lipinski definition) is 3. The Kier molecular flexibility index (Phi) is 4.80. The topological polar surface area (TPSA) is 67.2 Å². The van der Waals surface area contributed by atoms with Crippen LogP contribution < -0.4 is 16.6 Å². The smallest absolute Gasteiger partial charge is 0.257 e. The van der Waals surface area contributed by atoms with Gasteiger partial charge in [-0.2, -0.15) is 0 Å². The van der Waals surface area contributed by atoms with Gasteiger partial charge in [-0.05, 0) is 58.7 Å². The Morgan fingerprint density at radius 2 is 1.85 bits per heavy atom. The minimum Gasteiger partial charge on any atom is -0.323 e. The standard InChI is InChI=1S/C14H13Br2N3O/c1-8-2-4-10(12(6-8)19-17)14(20)18-13-7-9(15)3-5-11(13)16/h2-7,19H,17H2,1H3,(H,18,20). The van der Waals surface area contributed by atoms with Crippen LogP contribution in [0.2, 0.25) is 0 Å². The number of benzene rings is 2. The molecule has 4 nitrogen and oxygen atoms in total. The second-order valence-corrected chi connectivity index (χ2v) is 6.04. The van der Waals surface area contributed by atoms with Crippen molar-refractivity contribution >= 4 is 49.1 Å². The molecule has 0 aliphatic carbocycles. The molecule has 104 valence electrons. The normalized spacial score (nSPS) is 10.2. The number of hydrazine groups is 1. The van der Waals surface area contributed by atoms with Crippen LogP contribution in [0.25, 0.3) is 0 Å². The van der Waals surface area contributed by atoms with Gasteiger partial charge < -0.3 is 10.7 Å². The first-order chi connectivity index (χ1) is 9.51. The highest BCUT2D eigenvalue weighted by atomic mass is 79.9. The van der Waals surface area contributed by atoms with E-state index in [0.717, 1.165) is 14.5 Å². The number of nitrogens with one attached hydrogen (secondary N) is 2. The molecule has 0 fully saturated rings. The summed E-state index contributed by atoms with van der Waals surface area (Å²) in [7, 11) is 0. The molecule has 4 N–H and O–H groups in total. The van der Waals surface area contributed by atoms with E-state index < -0.39 is 0 Å². The number of aryl methyl sites for hydroxylation is 1. The molecule has 0 aliphatic rings. The molecule has 20 heavy (non-hydrogen) atoms. The van der Waals surface area contributed by atoms with Gasteiger partial charge in [0.05, 0.1) is 16.9 Å². The largest absolute Gasteiger partial charge is 0.323 e. The second-order valence-electron chi connectivity index (χ2n) is 4.27. The maximum Gasteiger partial charge on any atom is 0.257 e. The van der Waals surface area contributed by atoms with Crippen molar-refractivity contribution in [3.05, 3.63) is 56.5 Å². The number of rotatable bonds is 3. The Morgan fingerprint density at radius 1 is 1.10 bits per heavy atom. The summed E-state index contributed by atoms with van der Waals surface area (Å²) in [5, 5.41) is 2.85. The zero-order chi connectivity index (χ0) is 14.7. The Labute approximate surface area is 134 Å². The maximum atomic E-state index is 12.3. The molecule has 1 amide bonds. The SMILES string of the molecule is Cc1ccc(C(=O)Nc2cc(Br)ccc2Br)c(NN)c1. The van der Waals surface area contributed by atoms with Gasteiger partial charge in [0.25, 0.3) is 5.91 Å². The van der Waals surface area contributed by atoms with Gasteiger partial charge in [-0.25, -0.2) is 0 Å². The Hall–Kier alpha value is -1.37. The molecular weight excluding hydrogens is 386 g/mol. The van der Waals surface area contributed by atoms with Crippen LogP contribution in [0.5, 0.6) is 0 Å². The van der Waals surface area contributed by atoms with E-state index in [9.17, 15) is 4.79 Å². The Morgan fingerprint density at radius 3 is 2.55 bits per heavy atom. The third-order valence-corrected chi connectivity index (χ3v) is 3.94. The molecular formula is C14H13Br2N3O. The van der Waals surface area contributed by atoms with Crippen LogP contribution in [0.4, 0.5) is 11.4 Å². The van der Waals surface area contributed by atoms with Gasteiger partial charge in [0, 0.05) is 8.95 Å². The third kappa shape index (κ3) is 3.39. The van der Waals surface area contributed by atoms with Gasteiger partial charge in [-0.1, -0.05) is 22.0 Å². The van der Waals surface area contributed by atoms with Gasteiger partial charge in [0.1, 0.15) is 0 Å². The first-order valence-corrected chi connectivity index (χ1v) is 7.43. The van der Waals surface area contributed by atoms with Crippen LogP contribution in [0, 0.1) is 6.92 Å². The van der Waals surface area contributed by atoms with Gasteiger partial charge in [-0.3, -0.25) is 10.6 Å². The second kappa shape index (κ2) is 6.39. The van der Waals surface area contributed by atoms with Gasteiger partial charge >= 0.3 is 0 Å². The molecule has 0 aromatic heterocycles. The van der Waals surface area contributed by atoms with Gasteiger partial charge in [0.2, 0.25) is 0 Å². The summed E-state index contributed by atoms with van der Waals surface area (Å²) >= 11 is 6.78. The van der Waals surface area contributed by atoms with Crippen molar-refractivity contribution in [2.45, 2.75) is 6.92 Å². The van der Waals surface area contributed by atoms with Crippen molar-refractivity contribution in [3.8, 4) is 0 Å². The molecule has 0 saturated carbocycles. The predicted octanol–water partition coefficient (Wildman–Crippen LogP) is 4.06. The number of anilines is 2. The average Bonchev–Trinajstić information content (AvgIpc) is 2.42. The van der Waals surface area contributed by atoms with E-state index in [2.05, 4.69) is 42.6 Å². The molecule has 0 spiro atoms. The molecule has 0 heterocycles. The summed E-state index contributed by atoms with van der Waals surface area (Å²) in [5.41, 5.74) is 5.34. The van der Waals surface area contributed by atoms with Crippen molar-refractivity contribution in [2.24, 2.45) is 5.84 Å². The van der Waals surface area contributed by atoms with Crippen LogP contribution in [0.15, 0.2) is 45.3 Å². The average molecular weight is 399 g/mol. The predicted molar refractivity (Wildman–Crippen MR) is 88.8 cm³/mol. The molecule has 2 aromatic rings. The van der Waals surface area contributed by atoms with Gasteiger partial charge in [0.15, 0.2) is 0 Å². The van der Waals surface area contributed by atoms with E-state index >= 15 is 0 Å². The monoisotopic (exact) mass is 397 g/mol. The molecule has 0 saturated heterocycles. The fourth-order valence-electron chi connectivity index (χ4n) is 1.76. The molecule has 2 aromatic carbocycles. The zero-order valence-electron chi connectivity index (χ0n) is 10.7. The number of carbonyl (C=O) groups is 1. The lowest BCUT2D eigenvalue weighted by atomic mass is 10.1. The first kappa shape index (κ1) is 15.0. The summed E-state index contributed by atoms with van der Waals surface area (Å²) in [6.07, 6.45) is 0. The highest BCUT2D eigenvalue weighted by molar-refractivity contribution is 9.11. The summed E-state index contributed by atoms with van der Waals surface area (Å²) < 4.78 is 1.69. The Bertz CT molecular complexity index is 659. The lowest BCUT2D eigenvalue weighted by Crippen LogP contribution is -2.17. The van der Waals surface area contributed by atoms with Crippen molar-refractivity contribution < 1.29 is 4.79 Å². The van der Waals surface area contributed by atoms with Gasteiger partial charge in [-0.15, -0.1) is 0 Å². The summed E-state index contributed by atoms with van der Waals surface area (Å²) in [6.45, 7) is 1.94. The summed E-state index contributed by atoms with van der Waals surface area (Å²) in [6, 6.07) is 11.0. The lowest BCUT2D eigenvalue weighted by Gasteiger charge is -2.12. The van der Waals surface area contributed by atoms with E-state index in [-0.39, 0.29) is 5.91 Å². The zero-order valence-corrected chi connectivity index (χ0v) is 13.9. The third-order valence-electron chi connectivity index (χ3n) is 2.75. The number of nitrogens with two attached hydrogens (primary N) is 1. The van der Waals surface area contributed by atoms with Crippen LogP contribution in [-0.4, -0.2) is 5.91 Å². The molecule has 0 atom stereocenters. The number of carbonyl (C=O) groups excluding carboxylic acids is 1. The first-order valence-electron chi connectivity index (χ1n) is 5.85. The molecule has 2 rings (SSSR count). The highest BCUT2D eigenvalue weighted by Gasteiger charge is 2.12.